The van der Waals surface area contributed by atoms with E-state index in [4.69, 9.17) is 14.2 Å². The molecule has 1 atom stereocenters. The number of hydrogen-bond acceptors (Lipinski definition) is 7. The van der Waals surface area contributed by atoms with Crippen LogP contribution >= 0.6 is 0 Å². The van der Waals surface area contributed by atoms with Gasteiger partial charge in [-0.25, -0.2) is 8.42 Å². The van der Waals surface area contributed by atoms with Crippen molar-refractivity contribution in [2.45, 2.75) is 37.2 Å². The third kappa shape index (κ3) is 8.82. The van der Waals surface area contributed by atoms with Crippen molar-refractivity contribution in [2.75, 3.05) is 38.7 Å². The number of ether oxygens (including phenoxy) is 3. The average molecular weight is 660 g/mol. The number of sulfonamides is 1. The summed E-state index contributed by atoms with van der Waals surface area (Å²) in [6, 6.07) is 28.2. The fraction of sp³-hybridized carbons (Fsp3) is 0.278. The number of nitrogens with one attached hydrogen (secondary N) is 1. The van der Waals surface area contributed by atoms with Gasteiger partial charge in [-0.15, -0.1) is 0 Å². The number of hydrogen-bond donors (Lipinski definition) is 1. The quantitative estimate of drug-likeness (QED) is 0.179. The molecule has 4 aromatic rings. The van der Waals surface area contributed by atoms with Crippen LogP contribution in [0.1, 0.15) is 24.5 Å². The Morgan fingerprint density at radius 3 is 2.04 bits per heavy atom. The van der Waals surface area contributed by atoms with Crippen LogP contribution in [-0.2, 0) is 32.6 Å². The van der Waals surface area contributed by atoms with Gasteiger partial charge < -0.3 is 24.4 Å². The minimum Gasteiger partial charge on any atom is -0.497 e. The van der Waals surface area contributed by atoms with Crippen LogP contribution in [0.15, 0.2) is 108 Å². The molecule has 47 heavy (non-hydrogen) atoms. The van der Waals surface area contributed by atoms with Gasteiger partial charge in [0, 0.05) is 25.6 Å². The molecule has 248 valence electrons. The zero-order chi connectivity index (χ0) is 33.8. The molecule has 0 heterocycles. The topological polar surface area (TPSA) is 114 Å². The summed E-state index contributed by atoms with van der Waals surface area (Å²) in [4.78, 5) is 29.9. The first kappa shape index (κ1) is 34.8. The zero-order valence-electron chi connectivity index (χ0n) is 27.1. The van der Waals surface area contributed by atoms with Crippen molar-refractivity contribution in [3.8, 4) is 17.2 Å². The second kappa shape index (κ2) is 16.5. The summed E-state index contributed by atoms with van der Waals surface area (Å²) in [6.07, 6.45) is 0.909. The fourth-order valence-corrected chi connectivity index (χ4v) is 6.55. The Balaban J connectivity index is 1.86. The molecule has 10 nitrogen and oxygen atoms in total. The number of rotatable bonds is 16. The Hall–Kier alpha value is -5.03. The lowest BCUT2D eigenvalue weighted by Crippen LogP contribution is -2.53. The van der Waals surface area contributed by atoms with Gasteiger partial charge in [0.05, 0.1) is 31.9 Å². The van der Waals surface area contributed by atoms with Crippen LogP contribution in [-0.4, -0.2) is 65.6 Å². The van der Waals surface area contributed by atoms with Gasteiger partial charge in [-0.1, -0.05) is 67.6 Å². The van der Waals surface area contributed by atoms with Crippen molar-refractivity contribution >= 4 is 27.5 Å². The number of carbonyl (C=O) groups excluding carboxylic acids is 2. The van der Waals surface area contributed by atoms with E-state index in [-0.39, 0.29) is 35.2 Å². The van der Waals surface area contributed by atoms with E-state index < -0.39 is 28.5 Å². The van der Waals surface area contributed by atoms with Crippen molar-refractivity contribution in [3.63, 3.8) is 0 Å². The summed E-state index contributed by atoms with van der Waals surface area (Å²) < 4.78 is 46.0. The van der Waals surface area contributed by atoms with Gasteiger partial charge in [0.15, 0.2) is 0 Å². The van der Waals surface area contributed by atoms with Gasteiger partial charge in [0.25, 0.3) is 10.0 Å². The predicted molar refractivity (Wildman–Crippen MR) is 181 cm³/mol. The summed E-state index contributed by atoms with van der Waals surface area (Å²) in [6.45, 7) is 1.75. The van der Waals surface area contributed by atoms with E-state index in [0.29, 0.717) is 30.0 Å². The first-order valence-electron chi connectivity index (χ1n) is 15.3. The van der Waals surface area contributed by atoms with Crippen molar-refractivity contribution in [2.24, 2.45) is 0 Å². The smallest absolute Gasteiger partial charge is 0.264 e. The lowest BCUT2D eigenvalue weighted by molar-refractivity contribution is -0.140. The molecular formula is C36H41N3O7S. The molecule has 1 N–H and O–H groups in total. The number of amides is 2. The molecule has 0 aliphatic carbocycles. The fourth-order valence-electron chi connectivity index (χ4n) is 5.11. The summed E-state index contributed by atoms with van der Waals surface area (Å²) in [5.41, 5.74) is 1.66. The molecule has 4 rings (SSSR count). The Morgan fingerprint density at radius 1 is 0.766 bits per heavy atom. The molecule has 0 aliphatic rings. The number of benzene rings is 4. The lowest BCUT2D eigenvalue weighted by atomic mass is 10.0. The molecule has 2 amide bonds. The molecule has 0 spiro atoms. The maximum absolute atomic E-state index is 14.7. The van der Waals surface area contributed by atoms with E-state index >= 15 is 0 Å². The van der Waals surface area contributed by atoms with Crippen LogP contribution in [0.2, 0.25) is 0 Å². The van der Waals surface area contributed by atoms with Crippen molar-refractivity contribution < 1.29 is 32.2 Å². The van der Waals surface area contributed by atoms with Gasteiger partial charge in [0.1, 0.15) is 29.8 Å². The predicted octanol–water partition coefficient (Wildman–Crippen LogP) is 5.07. The molecule has 0 saturated heterocycles. The second-order valence-corrected chi connectivity index (χ2v) is 12.6. The highest BCUT2D eigenvalue weighted by Crippen LogP contribution is 2.36. The van der Waals surface area contributed by atoms with E-state index in [1.54, 1.807) is 55.6 Å². The van der Waals surface area contributed by atoms with Gasteiger partial charge in [-0.05, 0) is 53.9 Å². The van der Waals surface area contributed by atoms with E-state index in [2.05, 4.69) is 5.32 Å². The highest BCUT2D eigenvalue weighted by atomic mass is 32.2. The molecule has 11 heteroatoms. The van der Waals surface area contributed by atoms with Gasteiger partial charge >= 0.3 is 0 Å². The Morgan fingerprint density at radius 2 is 1.40 bits per heavy atom. The molecule has 1 unspecified atom stereocenters. The summed E-state index contributed by atoms with van der Waals surface area (Å²) in [7, 11) is 0.119. The first-order valence-corrected chi connectivity index (χ1v) is 16.7. The largest absolute Gasteiger partial charge is 0.497 e. The van der Waals surface area contributed by atoms with E-state index in [1.807, 2.05) is 43.3 Å². The molecule has 0 bridgehead atoms. The lowest BCUT2D eigenvalue weighted by Gasteiger charge is -2.34. The third-order valence-corrected chi connectivity index (χ3v) is 9.35. The van der Waals surface area contributed by atoms with Crippen LogP contribution in [0.4, 0.5) is 5.69 Å². The standard InChI is InChI=1S/C36H41N3O7S/c1-5-21-37-36(41)33(23-27-13-8-6-9-14-27)38(25-28-15-12-16-29(22-28)44-2)35(40)26-39(47(42,43)31-17-10-7-11-18-31)32-24-30(45-3)19-20-34(32)46-4/h6-20,22,24,33H,5,21,23,25-26H2,1-4H3,(H,37,41). The van der Waals surface area contributed by atoms with Crippen molar-refractivity contribution in [1.29, 1.82) is 0 Å². The normalized spacial score (nSPS) is 11.7. The first-order chi connectivity index (χ1) is 22.7. The van der Waals surface area contributed by atoms with Crippen LogP contribution < -0.4 is 23.8 Å². The van der Waals surface area contributed by atoms with E-state index in [0.717, 1.165) is 9.87 Å². The van der Waals surface area contributed by atoms with Crippen LogP contribution in [0, 0.1) is 0 Å². The van der Waals surface area contributed by atoms with Gasteiger partial charge in [0.2, 0.25) is 11.8 Å². The van der Waals surface area contributed by atoms with E-state index in [9.17, 15) is 18.0 Å². The number of nitrogens with zero attached hydrogens (tertiary/aromatic N) is 2. The highest BCUT2D eigenvalue weighted by molar-refractivity contribution is 7.92. The van der Waals surface area contributed by atoms with Crippen molar-refractivity contribution in [3.05, 3.63) is 114 Å². The summed E-state index contributed by atoms with van der Waals surface area (Å²) in [5, 5.41) is 2.94. The zero-order valence-corrected chi connectivity index (χ0v) is 27.9. The minimum absolute atomic E-state index is 0.0152. The number of anilines is 1. The van der Waals surface area contributed by atoms with Crippen LogP contribution in [0.5, 0.6) is 17.2 Å². The second-order valence-electron chi connectivity index (χ2n) is 10.7. The maximum atomic E-state index is 14.7. The summed E-state index contributed by atoms with van der Waals surface area (Å²) >= 11 is 0. The van der Waals surface area contributed by atoms with Gasteiger partial charge in [-0.2, -0.15) is 0 Å². The number of carbonyl (C=O) groups is 2. The monoisotopic (exact) mass is 659 g/mol. The molecule has 0 aromatic heterocycles. The molecule has 0 fully saturated rings. The third-order valence-electron chi connectivity index (χ3n) is 7.57. The van der Waals surface area contributed by atoms with E-state index in [1.165, 1.54) is 37.3 Å². The van der Waals surface area contributed by atoms with Gasteiger partial charge in [-0.3, -0.25) is 13.9 Å². The molecule has 0 saturated carbocycles. The minimum atomic E-state index is -4.31. The van der Waals surface area contributed by atoms with Crippen LogP contribution in [0.25, 0.3) is 0 Å². The molecule has 0 aliphatic heterocycles. The molecule has 0 radical (unpaired) electrons. The Bertz CT molecular complexity index is 1730. The SMILES string of the molecule is CCCNC(=O)C(Cc1ccccc1)N(Cc1cccc(OC)c1)C(=O)CN(c1cc(OC)ccc1OC)S(=O)(=O)c1ccccc1. The van der Waals surface area contributed by atoms with Crippen molar-refractivity contribution in [1.82, 2.24) is 10.2 Å². The number of methoxy groups -OCH3 is 3. The summed E-state index contributed by atoms with van der Waals surface area (Å²) in [5.74, 6) is 0.238. The maximum Gasteiger partial charge on any atom is 0.264 e. The molecular weight excluding hydrogens is 618 g/mol. The highest BCUT2D eigenvalue weighted by Gasteiger charge is 2.35. The Kier molecular flexibility index (Phi) is 12.2. The average Bonchev–Trinajstić information content (AvgIpc) is 3.11. The van der Waals surface area contributed by atoms with Crippen LogP contribution in [0.3, 0.4) is 0 Å². The molecule has 4 aromatic carbocycles. The Labute approximate surface area is 276 Å².